The number of hydrogen-bond donors (Lipinski definition) is 1. The van der Waals surface area contributed by atoms with E-state index in [1.54, 1.807) is 0 Å². The second-order valence-electron chi connectivity index (χ2n) is 4.92. The van der Waals surface area contributed by atoms with Crippen LogP contribution in [-0.2, 0) is 4.79 Å². The Morgan fingerprint density at radius 3 is 2.71 bits per heavy atom. The fourth-order valence-corrected chi connectivity index (χ4v) is 2.67. The van der Waals surface area contributed by atoms with Crippen LogP contribution < -0.4 is 10.1 Å². The van der Waals surface area contributed by atoms with Gasteiger partial charge in [0.1, 0.15) is 5.75 Å². The van der Waals surface area contributed by atoms with Gasteiger partial charge in [-0.1, -0.05) is 46.3 Å². The number of halogens is 1. The summed E-state index contributed by atoms with van der Waals surface area (Å²) in [5, 5.41) is 2.93. The van der Waals surface area contributed by atoms with E-state index in [0.717, 1.165) is 15.6 Å². The number of carbonyl (C=O) groups excluding carboxylic acids is 1. The summed E-state index contributed by atoms with van der Waals surface area (Å²) in [5.74, 6) is 0.568. The van der Waals surface area contributed by atoms with E-state index in [9.17, 15) is 4.79 Å². The van der Waals surface area contributed by atoms with Gasteiger partial charge < -0.3 is 10.1 Å². The van der Waals surface area contributed by atoms with E-state index in [1.165, 1.54) is 0 Å². The third kappa shape index (κ3) is 4.60. The van der Waals surface area contributed by atoms with Crippen LogP contribution in [0.1, 0.15) is 24.1 Å². The average Bonchev–Trinajstić information content (AvgIpc) is 2.45. The molecule has 2 rings (SSSR count). The molecule has 4 heteroatoms. The van der Waals surface area contributed by atoms with Crippen molar-refractivity contribution >= 4 is 21.8 Å². The maximum Gasteiger partial charge on any atom is 0.258 e. The molecule has 0 saturated heterocycles. The molecule has 0 heterocycles. The van der Waals surface area contributed by atoms with E-state index in [2.05, 4.69) is 21.2 Å². The number of hydrogen-bond acceptors (Lipinski definition) is 2. The molecule has 0 saturated carbocycles. The monoisotopic (exact) mass is 347 g/mol. The lowest BCUT2D eigenvalue weighted by Gasteiger charge is -2.16. The highest BCUT2D eigenvalue weighted by molar-refractivity contribution is 9.10. The van der Waals surface area contributed by atoms with Crippen molar-refractivity contribution in [1.29, 1.82) is 0 Å². The Morgan fingerprint density at radius 2 is 2.00 bits per heavy atom. The van der Waals surface area contributed by atoms with Crippen molar-refractivity contribution in [2.45, 2.75) is 19.9 Å². The molecule has 1 N–H and O–H groups in total. The van der Waals surface area contributed by atoms with Crippen molar-refractivity contribution in [1.82, 2.24) is 5.32 Å². The standard InChI is InChI=1S/C17H18BrNO2/c1-12-6-5-7-14(10-12)21-11-17(20)19-13(2)15-8-3-4-9-16(15)18/h3-10,13H,11H2,1-2H3,(H,19,20). The number of rotatable bonds is 5. The minimum absolute atomic E-state index is 0.0121. The molecule has 0 aromatic heterocycles. The minimum Gasteiger partial charge on any atom is -0.484 e. The fraction of sp³-hybridized carbons (Fsp3) is 0.235. The van der Waals surface area contributed by atoms with Crippen molar-refractivity contribution in [2.75, 3.05) is 6.61 Å². The highest BCUT2D eigenvalue weighted by Gasteiger charge is 2.12. The molecule has 1 unspecified atom stereocenters. The van der Waals surface area contributed by atoms with Crippen molar-refractivity contribution < 1.29 is 9.53 Å². The number of aryl methyl sites for hydroxylation is 1. The normalized spacial score (nSPS) is 11.8. The molecule has 2 aromatic rings. The average molecular weight is 348 g/mol. The second kappa shape index (κ2) is 7.27. The first kappa shape index (κ1) is 15.6. The largest absolute Gasteiger partial charge is 0.484 e. The lowest BCUT2D eigenvalue weighted by molar-refractivity contribution is -0.123. The molecule has 0 bridgehead atoms. The zero-order chi connectivity index (χ0) is 15.2. The van der Waals surface area contributed by atoms with E-state index < -0.39 is 0 Å². The van der Waals surface area contributed by atoms with Gasteiger partial charge in [-0.15, -0.1) is 0 Å². The second-order valence-corrected chi connectivity index (χ2v) is 5.77. The van der Waals surface area contributed by atoms with Gasteiger partial charge in [-0.2, -0.15) is 0 Å². The Labute approximate surface area is 133 Å². The van der Waals surface area contributed by atoms with E-state index >= 15 is 0 Å². The molecule has 2 aromatic carbocycles. The Kier molecular flexibility index (Phi) is 5.39. The van der Waals surface area contributed by atoms with Gasteiger partial charge in [-0.05, 0) is 43.2 Å². The smallest absolute Gasteiger partial charge is 0.258 e. The lowest BCUT2D eigenvalue weighted by atomic mass is 10.1. The van der Waals surface area contributed by atoms with E-state index in [1.807, 2.05) is 62.4 Å². The highest BCUT2D eigenvalue weighted by Crippen LogP contribution is 2.22. The molecular weight excluding hydrogens is 330 g/mol. The molecule has 0 fully saturated rings. The van der Waals surface area contributed by atoms with Crippen LogP contribution in [0.2, 0.25) is 0 Å². The fourth-order valence-electron chi connectivity index (χ4n) is 2.04. The Hall–Kier alpha value is -1.81. The number of amides is 1. The van der Waals surface area contributed by atoms with Gasteiger partial charge in [0.05, 0.1) is 6.04 Å². The number of benzene rings is 2. The van der Waals surface area contributed by atoms with Crippen LogP contribution >= 0.6 is 15.9 Å². The van der Waals surface area contributed by atoms with Crippen molar-refractivity contribution in [3.8, 4) is 5.75 Å². The number of carbonyl (C=O) groups is 1. The van der Waals surface area contributed by atoms with Crippen LogP contribution in [0.5, 0.6) is 5.75 Å². The van der Waals surface area contributed by atoms with Crippen LogP contribution in [0.3, 0.4) is 0 Å². The van der Waals surface area contributed by atoms with Gasteiger partial charge in [0.25, 0.3) is 5.91 Å². The molecule has 1 atom stereocenters. The molecule has 0 spiro atoms. The van der Waals surface area contributed by atoms with Crippen molar-refractivity contribution in [2.24, 2.45) is 0 Å². The summed E-state index contributed by atoms with van der Waals surface area (Å²) in [4.78, 5) is 11.9. The van der Waals surface area contributed by atoms with Gasteiger partial charge in [-0.25, -0.2) is 0 Å². The van der Waals surface area contributed by atoms with Crippen LogP contribution in [-0.4, -0.2) is 12.5 Å². The summed E-state index contributed by atoms with van der Waals surface area (Å²) in [6.45, 7) is 3.95. The first-order chi connectivity index (χ1) is 10.1. The van der Waals surface area contributed by atoms with Crippen LogP contribution in [0.25, 0.3) is 0 Å². The summed E-state index contributed by atoms with van der Waals surface area (Å²) < 4.78 is 6.48. The third-order valence-electron chi connectivity index (χ3n) is 3.11. The van der Waals surface area contributed by atoms with Crippen LogP contribution in [0.4, 0.5) is 0 Å². The van der Waals surface area contributed by atoms with Crippen LogP contribution in [0.15, 0.2) is 53.0 Å². The van der Waals surface area contributed by atoms with Crippen molar-refractivity contribution in [3.05, 3.63) is 64.1 Å². The number of nitrogens with one attached hydrogen (secondary N) is 1. The maximum absolute atomic E-state index is 11.9. The first-order valence-electron chi connectivity index (χ1n) is 6.79. The summed E-state index contributed by atoms with van der Waals surface area (Å²) in [6.07, 6.45) is 0. The topological polar surface area (TPSA) is 38.3 Å². The SMILES string of the molecule is Cc1cccc(OCC(=O)NC(C)c2ccccc2Br)c1. The van der Waals surface area contributed by atoms with Gasteiger partial charge >= 0.3 is 0 Å². The zero-order valence-electron chi connectivity index (χ0n) is 12.1. The quantitative estimate of drug-likeness (QED) is 0.887. The molecule has 110 valence electrons. The molecule has 0 aliphatic carbocycles. The molecule has 21 heavy (non-hydrogen) atoms. The Balaban J connectivity index is 1.89. The van der Waals surface area contributed by atoms with E-state index in [-0.39, 0.29) is 18.6 Å². The lowest BCUT2D eigenvalue weighted by Crippen LogP contribution is -2.31. The molecule has 0 aliphatic heterocycles. The summed E-state index contributed by atoms with van der Waals surface area (Å²) in [6, 6.07) is 15.4. The third-order valence-corrected chi connectivity index (χ3v) is 3.83. The summed E-state index contributed by atoms with van der Waals surface area (Å²) in [7, 11) is 0. The molecule has 0 radical (unpaired) electrons. The maximum atomic E-state index is 11.9. The minimum atomic E-state index is -0.139. The van der Waals surface area contributed by atoms with Gasteiger partial charge in [0.2, 0.25) is 0 Å². The molecule has 3 nitrogen and oxygen atoms in total. The van der Waals surface area contributed by atoms with Crippen molar-refractivity contribution in [3.63, 3.8) is 0 Å². The van der Waals surface area contributed by atoms with Gasteiger partial charge in [0, 0.05) is 4.47 Å². The highest BCUT2D eigenvalue weighted by atomic mass is 79.9. The first-order valence-corrected chi connectivity index (χ1v) is 7.59. The Bertz CT molecular complexity index is 628. The Morgan fingerprint density at radius 1 is 1.24 bits per heavy atom. The number of ether oxygens (including phenoxy) is 1. The van der Waals surface area contributed by atoms with Gasteiger partial charge in [-0.3, -0.25) is 4.79 Å². The summed E-state index contributed by atoms with van der Waals surface area (Å²) >= 11 is 3.49. The van der Waals surface area contributed by atoms with E-state index in [4.69, 9.17) is 4.74 Å². The van der Waals surface area contributed by atoms with E-state index in [0.29, 0.717) is 5.75 Å². The van der Waals surface area contributed by atoms with Gasteiger partial charge in [0.15, 0.2) is 6.61 Å². The molecule has 0 aliphatic rings. The predicted molar refractivity (Wildman–Crippen MR) is 87.4 cm³/mol. The predicted octanol–water partition coefficient (Wildman–Crippen LogP) is 4.01. The zero-order valence-corrected chi connectivity index (χ0v) is 13.7. The van der Waals surface area contributed by atoms with Crippen LogP contribution in [0, 0.1) is 6.92 Å². The summed E-state index contributed by atoms with van der Waals surface area (Å²) in [5.41, 5.74) is 2.15. The molecule has 1 amide bonds. The molecular formula is C17H18BrNO2.